The van der Waals surface area contributed by atoms with Crippen molar-refractivity contribution in [2.45, 2.75) is 77.8 Å². The fourth-order valence-corrected chi connectivity index (χ4v) is 3.03. The van der Waals surface area contributed by atoms with Gasteiger partial charge in [-0.15, -0.1) is 0 Å². The summed E-state index contributed by atoms with van der Waals surface area (Å²) in [6.07, 6.45) is 5.56. The predicted molar refractivity (Wildman–Crippen MR) is 82.8 cm³/mol. The maximum atomic E-state index is 11.9. The zero-order chi connectivity index (χ0) is 16.0. The van der Waals surface area contributed by atoms with Crippen molar-refractivity contribution in [3.63, 3.8) is 0 Å². The van der Waals surface area contributed by atoms with Crippen molar-refractivity contribution >= 4 is 11.9 Å². The lowest BCUT2D eigenvalue weighted by atomic mass is 9.69. The maximum absolute atomic E-state index is 11.9. The Labute approximate surface area is 127 Å². The van der Waals surface area contributed by atoms with Gasteiger partial charge in [0.05, 0.1) is 6.04 Å². The standard InChI is InChI=1S/C16H30N2O3/c1-4-16(2,3)11-5-7-12(8-6-11)18-15(21)13(17)9-10-14(19)20/h11-13H,4-10,17H2,1-3H3,(H,18,21)(H,19,20). The smallest absolute Gasteiger partial charge is 0.303 e. The van der Waals surface area contributed by atoms with E-state index in [9.17, 15) is 9.59 Å². The maximum Gasteiger partial charge on any atom is 0.303 e. The number of hydrogen-bond acceptors (Lipinski definition) is 3. The van der Waals surface area contributed by atoms with Gasteiger partial charge in [-0.1, -0.05) is 27.2 Å². The largest absolute Gasteiger partial charge is 0.481 e. The number of carbonyl (C=O) groups excluding carboxylic acids is 1. The molecule has 0 radical (unpaired) electrons. The summed E-state index contributed by atoms with van der Waals surface area (Å²) in [5, 5.41) is 11.6. The number of amides is 1. The number of aliphatic carboxylic acids is 1. The Hall–Kier alpha value is -1.10. The molecule has 0 spiro atoms. The number of nitrogens with two attached hydrogens (primary N) is 1. The third-order valence-electron chi connectivity index (χ3n) is 5.10. The van der Waals surface area contributed by atoms with Gasteiger partial charge in [0.2, 0.25) is 5.91 Å². The van der Waals surface area contributed by atoms with Gasteiger partial charge in [0, 0.05) is 12.5 Å². The van der Waals surface area contributed by atoms with Crippen LogP contribution in [0, 0.1) is 11.3 Å². The minimum atomic E-state index is -0.916. The van der Waals surface area contributed by atoms with Gasteiger partial charge in [-0.25, -0.2) is 0 Å². The summed E-state index contributed by atoms with van der Waals surface area (Å²) in [5.74, 6) is -0.411. The molecule has 0 aromatic carbocycles. The molecule has 1 fully saturated rings. The van der Waals surface area contributed by atoms with Crippen LogP contribution in [0.5, 0.6) is 0 Å². The lowest BCUT2D eigenvalue weighted by Gasteiger charge is -2.39. The first kappa shape index (κ1) is 18.0. The van der Waals surface area contributed by atoms with Crippen LogP contribution in [0.3, 0.4) is 0 Å². The Morgan fingerprint density at radius 3 is 2.33 bits per heavy atom. The molecule has 1 aliphatic carbocycles. The van der Waals surface area contributed by atoms with E-state index in [2.05, 4.69) is 26.1 Å². The molecule has 1 atom stereocenters. The number of nitrogens with one attached hydrogen (secondary N) is 1. The van der Waals surface area contributed by atoms with Crippen LogP contribution in [0.25, 0.3) is 0 Å². The van der Waals surface area contributed by atoms with Gasteiger partial charge in [-0.05, 0) is 43.4 Å². The summed E-state index contributed by atoms with van der Waals surface area (Å²) in [6.45, 7) is 6.87. The van der Waals surface area contributed by atoms with E-state index in [1.807, 2.05) is 0 Å². The van der Waals surface area contributed by atoms with Crippen molar-refractivity contribution in [1.82, 2.24) is 5.32 Å². The molecule has 21 heavy (non-hydrogen) atoms. The van der Waals surface area contributed by atoms with Gasteiger partial charge >= 0.3 is 5.97 Å². The number of carboxylic acid groups (broad SMARTS) is 1. The summed E-state index contributed by atoms with van der Waals surface area (Å²) in [5.41, 5.74) is 6.09. The van der Waals surface area contributed by atoms with Gasteiger partial charge in [0.15, 0.2) is 0 Å². The molecule has 1 aliphatic rings. The fourth-order valence-electron chi connectivity index (χ4n) is 3.03. The summed E-state index contributed by atoms with van der Waals surface area (Å²) in [4.78, 5) is 22.4. The molecule has 0 saturated heterocycles. The number of carbonyl (C=O) groups is 2. The summed E-state index contributed by atoms with van der Waals surface area (Å²) in [7, 11) is 0. The number of hydrogen-bond donors (Lipinski definition) is 3. The molecule has 0 aliphatic heterocycles. The van der Waals surface area contributed by atoms with Crippen molar-refractivity contribution in [1.29, 1.82) is 0 Å². The van der Waals surface area contributed by atoms with Crippen molar-refractivity contribution in [2.75, 3.05) is 0 Å². The molecule has 0 heterocycles. The van der Waals surface area contributed by atoms with Crippen molar-refractivity contribution in [3.05, 3.63) is 0 Å². The van der Waals surface area contributed by atoms with Crippen LogP contribution in [0.15, 0.2) is 0 Å². The first-order valence-electron chi connectivity index (χ1n) is 8.04. The van der Waals surface area contributed by atoms with E-state index < -0.39 is 12.0 Å². The molecular weight excluding hydrogens is 268 g/mol. The van der Waals surface area contributed by atoms with E-state index >= 15 is 0 Å². The Morgan fingerprint density at radius 2 is 1.86 bits per heavy atom. The van der Waals surface area contributed by atoms with Crippen molar-refractivity contribution in [2.24, 2.45) is 17.1 Å². The molecular formula is C16H30N2O3. The van der Waals surface area contributed by atoms with Crippen molar-refractivity contribution < 1.29 is 14.7 Å². The predicted octanol–water partition coefficient (Wildman–Crippen LogP) is 2.29. The highest BCUT2D eigenvalue weighted by molar-refractivity contribution is 5.82. The lowest BCUT2D eigenvalue weighted by molar-refractivity contribution is -0.137. The quantitative estimate of drug-likeness (QED) is 0.672. The third-order valence-corrected chi connectivity index (χ3v) is 5.10. The Bertz CT molecular complexity index is 361. The second-order valence-corrected chi connectivity index (χ2v) is 6.94. The summed E-state index contributed by atoms with van der Waals surface area (Å²) in [6, 6.07) is -0.525. The molecule has 0 aromatic rings. The molecule has 122 valence electrons. The minimum Gasteiger partial charge on any atom is -0.481 e. The molecule has 0 aromatic heterocycles. The highest BCUT2D eigenvalue weighted by Gasteiger charge is 2.32. The highest BCUT2D eigenvalue weighted by atomic mass is 16.4. The third kappa shape index (κ3) is 5.65. The van der Waals surface area contributed by atoms with E-state index in [0.717, 1.165) is 31.6 Å². The first-order valence-corrected chi connectivity index (χ1v) is 8.04. The lowest BCUT2D eigenvalue weighted by Crippen LogP contribution is -2.47. The van der Waals surface area contributed by atoms with Crippen LogP contribution in [0.1, 0.15) is 65.7 Å². The van der Waals surface area contributed by atoms with Gasteiger partial charge in [-0.2, -0.15) is 0 Å². The molecule has 4 N–H and O–H groups in total. The van der Waals surface area contributed by atoms with Gasteiger partial charge in [-0.3, -0.25) is 9.59 Å². The van der Waals surface area contributed by atoms with Crippen LogP contribution >= 0.6 is 0 Å². The normalized spacial score (nSPS) is 24.4. The summed E-state index contributed by atoms with van der Waals surface area (Å²) < 4.78 is 0. The number of rotatable bonds is 7. The SMILES string of the molecule is CCC(C)(C)C1CCC(NC(=O)C(N)CCC(=O)O)CC1. The van der Waals surface area contributed by atoms with E-state index in [0.29, 0.717) is 5.41 Å². The molecule has 1 rings (SSSR count). The van der Waals surface area contributed by atoms with Gasteiger partial charge in [0.25, 0.3) is 0 Å². The van der Waals surface area contributed by atoms with E-state index in [1.165, 1.54) is 6.42 Å². The van der Waals surface area contributed by atoms with Crippen LogP contribution < -0.4 is 11.1 Å². The molecule has 1 unspecified atom stereocenters. The second kappa shape index (κ2) is 7.78. The minimum absolute atomic E-state index is 0.0635. The van der Waals surface area contributed by atoms with Crippen LogP contribution in [0.4, 0.5) is 0 Å². The van der Waals surface area contributed by atoms with Crippen LogP contribution in [-0.4, -0.2) is 29.1 Å². The molecule has 0 bridgehead atoms. The second-order valence-electron chi connectivity index (χ2n) is 6.94. The Morgan fingerprint density at radius 1 is 1.29 bits per heavy atom. The van der Waals surface area contributed by atoms with Gasteiger partial charge in [0.1, 0.15) is 0 Å². The van der Waals surface area contributed by atoms with E-state index in [-0.39, 0.29) is 24.8 Å². The topological polar surface area (TPSA) is 92.4 Å². The molecule has 5 nitrogen and oxygen atoms in total. The average Bonchev–Trinajstić information content (AvgIpc) is 2.45. The van der Waals surface area contributed by atoms with Crippen molar-refractivity contribution in [3.8, 4) is 0 Å². The highest BCUT2D eigenvalue weighted by Crippen LogP contribution is 2.40. The molecule has 1 saturated carbocycles. The van der Waals surface area contributed by atoms with E-state index in [1.54, 1.807) is 0 Å². The Kier molecular flexibility index (Phi) is 6.65. The first-order chi connectivity index (χ1) is 9.76. The monoisotopic (exact) mass is 298 g/mol. The zero-order valence-corrected chi connectivity index (χ0v) is 13.5. The fraction of sp³-hybridized carbons (Fsp3) is 0.875. The molecule has 5 heteroatoms. The van der Waals surface area contributed by atoms with Gasteiger partial charge < -0.3 is 16.2 Å². The molecule has 1 amide bonds. The average molecular weight is 298 g/mol. The van der Waals surface area contributed by atoms with Crippen LogP contribution in [0.2, 0.25) is 0 Å². The Balaban J connectivity index is 2.35. The number of carboxylic acids is 1. The summed E-state index contributed by atoms with van der Waals surface area (Å²) >= 11 is 0. The van der Waals surface area contributed by atoms with E-state index in [4.69, 9.17) is 10.8 Å². The van der Waals surface area contributed by atoms with Crippen LogP contribution in [-0.2, 0) is 9.59 Å². The zero-order valence-electron chi connectivity index (χ0n) is 13.5.